The van der Waals surface area contributed by atoms with E-state index in [2.05, 4.69) is 5.10 Å². The second-order valence-electron chi connectivity index (χ2n) is 4.82. The zero-order chi connectivity index (χ0) is 15.2. The van der Waals surface area contributed by atoms with E-state index in [1.165, 1.54) is 12.1 Å². The van der Waals surface area contributed by atoms with Crippen LogP contribution in [-0.4, -0.2) is 38.8 Å². The molecule has 1 aromatic carbocycles. The molecular weight excluding hydrogens is 273 g/mol. The lowest BCUT2D eigenvalue weighted by molar-refractivity contribution is -0.138. The minimum atomic E-state index is -0.851. The number of aliphatic carboxylic acids is 1. The molecule has 1 aromatic heterocycles. The first kappa shape index (κ1) is 15.2. The number of carbonyl (C=O) groups is 1. The molecule has 6 heteroatoms. The third kappa shape index (κ3) is 4.13. The van der Waals surface area contributed by atoms with E-state index in [0.29, 0.717) is 13.1 Å². The predicted octanol–water partition coefficient (Wildman–Crippen LogP) is 2.31. The largest absolute Gasteiger partial charge is 0.480 e. The van der Waals surface area contributed by atoms with Gasteiger partial charge in [0.1, 0.15) is 5.82 Å². The molecule has 1 heterocycles. The molecule has 0 aliphatic rings. The van der Waals surface area contributed by atoms with Gasteiger partial charge in [0.05, 0.1) is 17.9 Å². The zero-order valence-corrected chi connectivity index (χ0v) is 11.9. The van der Waals surface area contributed by atoms with Gasteiger partial charge in [0.15, 0.2) is 0 Å². The molecule has 0 unspecified atom stereocenters. The van der Waals surface area contributed by atoms with Gasteiger partial charge in [-0.3, -0.25) is 9.69 Å². The Hall–Kier alpha value is -2.21. The van der Waals surface area contributed by atoms with Gasteiger partial charge in [-0.15, -0.1) is 0 Å². The van der Waals surface area contributed by atoms with Gasteiger partial charge in [-0.2, -0.15) is 5.10 Å². The first-order valence-corrected chi connectivity index (χ1v) is 6.83. The number of aromatic nitrogens is 2. The second-order valence-corrected chi connectivity index (χ2v) is 4.82. The monoisotopic (exact) mass is 291 g/mol. The maximum absolute atomic E-state index is 13.0. The Morgan fingerprint density at radius 1 is 1.33 bits per heavy atom. The third-order valence-corrected chi connectivity index (χ3v) is 3.08. The number of benzene rings is 1. The Balaban J connectivity index is 2.18. The fourth-order valence-corrected chi connectivity index (χ4v) is 2.22. The number of nitrogens with zero attached hydrogens (tertiary/aromatic N) is 3. The molecule has 0 saturated carbocycles. The molecule has 0 radical (unpaired) electrons. The van der Waals surface area contributed by atoms with Gasteiger partial charge in [-0.25, -0.2) is 9.07 Å². The maximum Gasteiger partial charge on any atom is 0.317 e. The number of carboxylic acids is 1. The fourth-order valence-electron chi connectivity index (χ4n) is 2.22. The fraction of sp³-hybridized carbons (Fsp3) is 0.333. The molecule has 21 heavy (non-hydrogen) atoms. The highest BCUT2D eigenvalue weighted by Gasteiger charge is 2.13. The van der Waals surface area contributed by atoms with Crippen molar-refractivity contribution in [2.45, 2.75) is 19.9 Å². The minimum Gasteiger partial charge on any atom is -0.480 e. The lowest BCUT2D eigenvalue weighted by Crippen LogP contribution is -2.30. The average molecular weight is 291 g/mol. The standard InChI is InChI=1S/C15H18FN3O2/c1-2-9-18(11-15(20)21)10-14-7-8-17-19(14)13-5-3-12(16)4-6-13/h3-8H,2,9-11H2,1H3,(H,20,21). The number of hydrogen-bond donors (Lipinski definition) is 1. The van der Waals surface area contributed by atoms with Crippen molar-refractivity contribution < 1.29 is 14.3 Å². The third-order valence-electron chi connectivity index (χ3n) is 3.08. The summed E-state index contributed by atoms with van der Waals surface area (Å²) in [6, 6.07) is 7.89. The molecule has 1 N–H and O–H groups in total. The molecule has 2 rings (SSSR count). The molecule has 0 fully saturated rings. The van der Waals surface area contributed by atoms with E-state index in [1.54, 1.807) is 23.0 Å². The SMILES string of the molecule is CCCN(CC(=O)O)Cc1ccnn1-c1ccc(F)cc1. The summed E-state index contributed by atoms with van der Waals surface area (Å²) in [7, 11) is 0. The molecule has 0 bridgehead atoms. The highest BCUT2D eigenvalue weighted by Crippen LogP contribution is 2.13. The Bertz CT molecular complexity index is 595. The van der Waals surface area contributed by atoms with Gasteiger partial charge < -0.3 is 5.11 Å². The molecule has 112 valence electrons. The number of rotatable bonds is 7. The number of carboxylic acid groups (broad SMARTS) is 1. The van der Waals surface area contributed by atoms with Crippen LogP contribution in [0.4, 0.5) is 4.39 Å². The van der Waals surface area contributed by atoms with E-state index in [9.17, 15) is 9.18 Å². The molecule has 0 atom stereocenters. The van der Waals surface area contributed by atoms with Crippen LogP contribution in [0.2, 0.25) is 0 Å². The van der Waals surface area contributed by atoms with Gasteiger partial charge in [-0.1, -0.05) is 6.92 Å². The zero-order valence-electron chi connectivity index (χ0n) is 11.9. The average Bonchev–Trinajstić information content (AvgIpc) is 2.87. The van der Waals surface area contributed by atoms with Crippen molar-refractivity contribution in [2.24, 2.45) is 0 Å². The van der Waals surface area contributed by atoms with Crippen molar-refractivity contribution in [1.29, 1.82) is 0 Å². The van der Waals surface area contributed by atoms with Crippen molar-refractivity contribution in [2.75, 3.05) is 13.1 Å². The van der Waals surface area contributed by atoms with Crippen LogP contribution in [0.3, 0.4) is 0 Å². The summed E-state index contributed by atoms with van der Waals surface area (Å²) in [5, 5.41) is 13.2. The summed E-state index contributed by atoms with van der Waals surface area (Å²) in [5.74, 6) is -1.15. The number of halogens is 1. The van der Waals surface area contributed by atoms with Crippen LogP contribution in [0, 0.1) is 5.82 Å². The first-order chi connectivity index (χ1) is 10.1. The summed E-state index contributed by atoms with van der Waals surface area (Å²) in [4.78, 5) is 12.7. The lowest BCUT2D eigenvalue weighted by atomic mass is 10.3. The Kier molecular flexibility index (Phi) is 5.05. The van der Waals surface area contributed by atoms with E-state index in [1.807, 2.05) is 17.9 Å². The lowest BCUT2D eigenvalue weighted by Gasteiger charge is -2.20. The molecular formula is C15H18FN3O2. The van der Waals surface area contributed by atoms with Crippen LogP contribution in [-0.2, 0) is 11.3 Å². The van der Waals surface area contributed by atoms with Gasteiger partial charge in [0, 0.05) is 12.7 Å². The molecule has 0 aliphatic carbocycles. The molecule has 5 nitrogen and oxygen atoms in total. The summed E-state index contributed by atoms with van der Waals surface area (Å²) >= 11 is 0. The van der Waals surface area contributed by atoms with E-state index in [4.69, 9.17) is 5.11 Å². The van der Waals surface area contributed by atoms with Crippen LogP contribution in [0.1, 0.15) is 19.0 Å². The smallest absolute Gasteiger partial charge is 0.317 e. The normalized spacial score (nSPS) is 11.0. The van der Waals surface area contributed by atoms with Crippen LogP contribution >= 0.6 is 0 Å². The van der Waals surface area contributed by atoms with Crippen molar-refractivity contribution in [3.05, 3.63) is 48.0 Å². The second kappa shape index (κ2) is 6.99. The van der Waals surface area contributed by atoms with Crippen molar-refractivity contribution in [3.8, 4) is 5.69 Å². The maximum atomic E-state index is 13.0. The summed E-state index contributed by atoms with van der Waals surface area (Å²) in [6.07, 6.45) is 2.53. The van der Waals surface area contributed by atoms with E-state index >= 15 is 0 Å². The Morgan fingerprint density at radius 3 is 2.67 bits per heavy atom. The van der Waals surface area contributed by atoms with E-state index in [0.717, 1.165) is 17.8 Å². The topological polar surface area (TPSA) is 58.4 Å². The Morgan fingerprint density at radius 2 is 2.05 bits per heavy atom. The van der Waals surface area contributed by atoms with Crippen molar-refractivity contribution >= 4 is 5.97 Å². The van der Waals surface area contributed by atoms with Crippen molar-refractivity contribution in [3.63, 3.8) is 0 Å². The van der Waals surface area contributed by atoms with Gasteiger partial charge in [0.2, 0.25) is 0 Å². The minimum absolute atomic E-state index is 0.0115. The van der Waals surface area contributed by atoms with Crippen LogP contribution in [0.15, 0.2) is 36.5 Å². The van der Waals surface area contributed by atoms with Gasteiger partial charge in [0.25, 0.3) is 0 Å². The van der Waals surface area contributed by atoms with Crippen LogP contribution < -0.4 is 0 Å². The highest BCUT2D eigenvalue weighted by atomic mass is 19.1. The number of hydrogen-bond acceptors (Lipinski definition) is 3. The van der Waals surface area contributed by atoms with E-state index in [-0.39, 0.29) is 12.4 Å². The van der Waals surface area contributed by atoms with Gasteiger partial charge >= 0.3 is 5.97 Å². The van der Waals surface area contributed by atoms with Gasteiger partial charge in [-0.05, 0) is 43.3 Å². The van der Waals surface area contributed by atoms with E-state index < -0.39 is 5.97 Å². The molecule has 0 amide bonds. The molecule has 0 aliphatic heterocycles. The van der Waals surface area contributed by atoms with Crippen LogP contribution in [0.25, 0.3) is 5.69 Å². The summed E-state index contributed by atoms with van der Waals surface area (Å²) < 4.78 is 14.7. The first-order valence-electron chi connectivity index (χ1n) is 6.83. The predicted molar refractivity (Wildman–Crippen MR) is 76.7 cm³/mol. The van der Waals surface area contributed by atoms with Crippen LogP contribution in [0.5, 0.6) is 0 Å². The van der Waals surface area contributed by atoms with Crippen molar-refractivity contribution in [1.82, 2.24) is 14.7 Å². The summed E-state index contributed by atoms with van der Waals surface area (Å²) in [6.45, 7) is 3.17. The Labute approximate surface area is 122 Å². The molecule has 0 spiro atoms. The summed E-state index contributed by atoms with van der Waals surface area (Å²) in [5.41, 5.74) is 1.62. The molecule has 0 saturated heterocycles. The highest BCUT2D eigenvalue weighted by molar-refractivity contribution is 5.69. The quantitative estimate of drug-likeness (QED) is 0.850. The molecule has 2 aromatic rings.